The van der Waals surface area contributed by atoms with Crippen LogP contribution in [0.5, 0.6) is 0 Å². The standard InChI is InChI=1S/C27H42O2/c1-17(2)7-6-8-18(3)21-9-10-22-20-16-25(29)24-15-19(28)11-13-27(24,5)23(20)12-14-26(21,22)4/h6,8,15,17-18,20-23,25,29H,7,9-14,16H2,1-5H3/b8-6+/t18?,20?,21-,22?,23?,25+,26-,27-/m1/s1. The van der Waals surface area contributed by atoms with E-state index in [4.69, 9.17) is 0 Å². The molecule has 2 nitrogen and oxygen atoms in total. The molecule has 3 fully saturated rings. The molecule has 1 N–H and O–H groups in total. The number of ketones is 1. The first kappa shape index (κ1) is 21.3. The zero-order valence-electron chi connectivity index (χ0n) is 19.3. The Morgan fingerprint density at radius 3 is 2.62 bits per heavy atom. The van der Waals surface area contributed by atoms with Crippen LogP contribution in [0.2, 0.25) is 0 Å². The smallest absolute Gasteiger partial charge is 0.155 e. The molecule has 0 aromatic rings. The lowest BCUT2D eigenvalue weighted by Crippen LogP contribution is -2.54. The number of carbonyl (C=O) groups excluding carboxylic acids is 1. The van der Waals surface area contributed by atoms with Crippen molar-refractivity contribution in [2.24, 2.45) is 46.3 Å². The molecule has 0 saturated heterocycles. The van der Waals surface area contributed by atoms with Crippen molar-refractivity contribution in [1.29, 1.82) is 0 Å². The second kappa shape index (κ2) is 7.66. The van der Waals surface area contributed by atoms with Crippen LogP contribution in [0.1, 0.15) is 86.0 Å². The van der Waals surface area contributed by atoms with Gasteiger partial charge in [0.15, 0.2) is 5.78 Å². The molecule has 0 radical (unpaired) electrons. The summed E-state index contributed by atoms with van der Waals surface area (Å²) in [5.41, 5.74) is 1.52. The molecular weight excluding hydrogens is 356 g/mol. The molecule has 2 heteroatoms. The third kappa shape index (κ3) is 3.48. The second-order valence-corrected chi connectivity index (χ2v) is 11.8. The van der Waals surface area contributed by atoms with Crippen molar-refractivity contribution in [2.75, 3.05) is 0 Å². The van der Waals surface area contributed by atoms with Crippen molar-refractivity contribution in [3.05, 3.63) is 23.8 Å². The van der Waals surface area contributed by atoms with Crippen molar-refractivity contribution >= 4 is 5.78 Å². The molecule has 3 saturated carbocycles. The van der Waals surface area contributed by atoms with Crippen molar-refractivity contribution in [1.82, 2.24) is 0 Å². The summed E-state index contributed by atoms with van der Waals surface area (Å²) < 4.78 is 0. The number of hydrogen-bond donors (Lipinski definition) is 1. The Balaban J connectivity index is 1.57. The minimum Gasteiger partial charge on any atom is -0.389 e. The highest BCUT2D eigenvalue weighted by molar-refractivity contribution is 5.91. The van der Waals surface area contributed by atoms with Gasteiger partial charge in [-0.2, -0.15) is 0 Å². The third-order valence-electron chi connectivity index (χ3n) is 9.73. The summed E-state index contributed by atoms with van der Waals surface area (Å²) in [4.78, 5) is 12.1. The monoisotopic (exact) mass is 398 g/mol. The zero-order chi connectivity index (χ0) is 21.0. The molecular formula is C27H42O2. The van der Waals surface area contributed by atoms with Crippen LogP contribution in [0.4, 0.5) is 0 Å². The van der Waals surface area contributed by atoms with Gasteiger partial charge in [0.1, 0.15) is 0 Å². The van der Waals surface area contributed by atoms with E-state index in [1.807, 2.05) is 6.08 Å². The van der Waals surface area contributed by atoms with Crippen LogP contribution in [-0.2, 0) is 4.79 Å². The van der Waals surface area contributed by atoms with E-state index in [0.29, 0.717) is 29.6 Å². The summed E-state index contributed by atoms with van der Waals surface area (Å²) in [6, 6.07) is 0. The molecule has 0 heterocycles. The lowest BCUT2D eigenvalue weighted by Gasteiger charge is -2.59. The first-order valence-electron chi connectivity index (χ1n) is 12.3. The van der Waals surface area contributed by atoms with Gasteiger partial charge in [-0.25, -0.2) is 0 Å². The van der Waals surface area contributed by atoms with E-state index in [-0.39, 0.29) is 11.2 Å². The van der Waals surface area contributed by atoms with Crippen LogP contribution in [0.15, 0.2) is 23.8 Å². The fourth-order valence-electron chi connectivity index (χ4n) is 8.21. The highest BCUT2D eigenvalue weighted by atomic mass is 16.3. The maximum Gasteiger partial charge on any atom is 0.155 e. The van der Waals surface area contributed by atoms with E-state index >= 15 is 0 Å². The molecule has 8 atom stereocenters. The van der Waals surface area contributed by atoms with E-state index in [1.54, 1.807) is 0 Å². The predicted octanol–water partition coefficient (Wildman–Crippen LogP) is 6.34. The lowest BCUT2D eigenvalue weighted by molar-refractivity contribution is -0.119. The number of aliphatic hydroxyl groups excluding tert-OH is 1. The Bertz CT molecular complexity index is 703. The van der Waals surface area contributed by atoms with Crippen LogP contribution in [0.25, 0.3) is 0 Å². The molecule has 162 valence electrons. The summed E-state index contributed by atoms with van der Waals surface area (Å²) in [5.74, 6) is 4.37. The molecule has 4 unspecified atom stereocenters. The molecule has 0 aliphatic heterocycles. The molecule has 0 spiro atoms. The predicted molar refractivity (Wildman–Crippen MR) is 119 cm³/mol. The van der Waals surface area contributed by atoms with Crippen LogP contribution >= 0.6 is 0 Å². The van der Waals surface area contributed by atoms with E-state index in [0.717, 1.165) is 36.2 Å². The summed E-state index contributed by atoms with van der Waals surface area (Å²) in [5, 5.41) is 11.0. The SMILES string of the molecule is CC(C)C/C=C/C(C)[C@H]1CCC2C3C[C@H](O)C4=CC(=O)CC[C@]4(C)C3CC[C@@]21C. The number of hydrogen-bond acceptors (Lipinski definition) is 2. The Hall–Kier alpha value is -0.890. The van der Waals surface area contributed by atoms with Crippen LogP contribution in [0.3, 0.4) is 0 Å². The second-order valence-electron chi connectivity index (χ2n) is 11.8. The van der Waals surface area contributed by atoms with Crippen molar-refractivity contribution in [2.45, 2.75) is 92.1 Å². The van der Waals surface area contributed by atoms with Gasteiger partial charge in [-0.05, 0) is 103 Å². The van der Waals surface area contributed by atoms with E-state index in [2.05, 4.69) is 46.8 Å². The minimum absolute atomic E-state index is 0.0401. The van der Waals surface area contributed by atoms with E-state index in [1.165, 1.54) is 32.1 Å². The lowest BCUT2D eigenvalue weighted by atomic mass is 9.46. The van der Waals surface area contributed by atoms with E-state index in [9.17, 15) is 9.90 Å². The van der Waals surface area contributed by atoms with Crippen LogP contribution < -0.4 is 0 Å². The maximum atomic E-state index is 12.1. The van der Waals surface area contributed by atoms with Gasteiger partial charge in [-0.1, -0.05) is 46.8 Å². The number of fused-ring (bicyclic) bond motifs is 5. The Labute approximate surface area is 178 Å². The molecule has 0 amide bonds. The Kier molecular flexibility index (Phi) is 5.64. The number of aliphatic hydroxyl groups is 1. The topological polar surface area (TPSA) is 37.3 Å². The summed E-state index contributed by atoms with van der Waals surface area (Å²) in [7, 11) is 0. The van der Waals surface area contributed by atoms with Crippen molar-refractivity contribution < 1.29 is 9.90 Å². The molecule has 4 aliphatic rings. The van der Waals surface area contributed by atoms with Gasteiger partial charge < -0.3 is 5.11 Å². The largest absolute Gasteiger partial charge is 0.389 e. The molecule has 0 bridgehead atoms. The van der Waals surface area contributed by atoms with Gasteiger partial charge in [0.25, 0.3) is 0 Å². The quantitative estimate of drug-likeness (QED) is 0.561. The Morgan fingerprint density at radius 1 is 1.14 bits per heavy atom. The summed E-state index contributed by atoms with van der Waals surface area (Å²) in [6.45, 7) is 12.0. The van der Waals surface area contributed by atoms with Crippen molar-refractivity contribution in [3.8, 4) is 0 Å². The molecule has 29 heavy (non-hydrogen) atoms. The molecule has 4 rings (SSSR count). The fraction of sp³-hybridized carbons (Fsp3) is 0.815. The minimum atomic E-state index is -0.407. The van der Waals surface area contributed by atoms with Gasteiger partial charge in [-0.15, -0.1) is 0 Å². The van der Waals surface area contributed by atoms with Gasteiger partial charge in [0.2, 0.25) is 0 Å². The number of allylic oxidation sites excluding steroid dienone is 2. The fourth-order valence-corrected chi connectivity index (χ4v) is 8.21. The highest BCUT2D eigenvalue weighted by Gasteiger charge is 2.60. The van der Waals surface area contributed by atoms with Gasteiger partial charge in [0.05, 0.1) is 6.10 Å². The van der Waals surface area contributed by atoms with Gasteiger partial charge in [-0.3, -0.25) is 4.79 Å². The summed E-state index contributed by atoms with van der Waals surface area (Å²) in [6.07, 6.45) is 15.2. The maximum absolute atomic E-state index is 12.1. The number of rotatable bonds is 4. The average molecular weight is 399 g/mol. The third-order valence-corrected chi connectivity index (χ3v) is 9.73. The van der Waals surface area contributed by atoms with Crippen LogP contribution in [0, 0.1) is 46.3 Å². The average Bonchev–Trinajstić information content (AvgIpc) is 3.00. The first-order valence-corrected chi connectivity index (χ1v) is 12.3. The Morgan fingerprint density at radius 2 is 1.90 bits per heavy atom. The van der Waals surface area contributed by atoms with Crippen LogP contribution in [-0.4, -0.2) is 17.0 Å². The molecule has 4 aliphatic carbocycles. The van der Waals surface area contributed by atoms with Gasteiger partial charge in [0, 0.05) is 6.42 Å². The van der Waals surface area contributed by atoms with Gasteiger partial charge >= 0.3 is 0 Å². The van der Waals surface area contributed by atoms with Crippen molar-refractivity contribution in [3.63, 3.8) is 0 Å². The molecule has 0 aromatic heterocycles. The zero-order valence-corrected chi connectivity index (χ0v) is 19.3. The number of carbonyl (C=O) groups is 1. The van der Waals surface area contributed by atoms with E-state index < -0.39 is 6.10 Å². The highest BCUT2D eigenvalue weighted by Crippen LogP contribution is 2.67. The first-order chi connectivity index (χ1) is 13.7. The normalized spacial score (nSPS) is 45.7. The molecule has 0 aromatic carbocycles. The summed E-state index contributed by atoms with van der Waals surface area (Å²) >= 11 is 0.